The molecule has 0 bridgehead atoms. The van der Waals surface area contributed by atoms with Crippen molar-refractivity contribution >= 4 is 28.4 Å². The molecule has 0 saturated carbocycles. The topological polar surface area (TPSA) is 57.2 Å². The molecule has 0 aliphatic carbocycles. The number of hydrogen-bond donors (Lipinski definition) is 1. The van der Waals surface area contributed by atoms with Crippen molar-refractivity contribution in [1.82, 2.24) is 19.9 Å². The van der Waals surface area contributed by atoms with Crippen LogP contribution < -0.4 is 10.2 Å². The van der Waals surface area contributed by atoms with Gasteiger partial charge in [0, 0.05) is 44.0 Å². The van der Waals surface area contributed by atoms with E-state index in [2.05, 4.69) is 44.1 Å². The molecule has 0 radical (unpaired) electrons. The average molecular weight is 334 g/mol. The molecule has 0 unspecified atom stereocenters. The largest absolute Gasteiger partial charge is 0.354 e. The number of hydrogen-bond acceptors (Lipinski definition) is 6. The molecule has 0 spiro atoms. The third kappa shape index (κ3) is 3.39. The molecule has 3 aromatic rings. The second kappa shape index (κ2) is 7.03. The van der Waals surface area contributed by atoms with Crippen LogP contribution in [0.2, 0.25) is 0 Å². The standard InChI is InChI=1S/C19H22N6/c1-2-24-11-13-25(14-12-24)17-8-10-21-19(23-17)22-16-7-3-5-15-6-4-9-20-18(15)16/h3-10H,2,11-14H2,1H3,(H,21,22,23). The van der Waals surface area contributed by atoms with E-state index in [1.54, 1.807) is 6.20 Å². The molecule has 0 atom stereocenters. The number of aromatic nitrogens is 3. The Morgan fingerprint density at radius 3 is 2.64 bits per heavy atom. The van der Waals surface area contributed by atoms with Crippen molar-refractivity contribution in [3.8, 4) is 0 Å². The predicted octanol–water partition coefficient (Wildman–Crippen LogP) is 2.91. The molecule has 128 valence electrons. The van der Waals surface area contributed by atoms with Gasteiger partial charge in [0.05, 0.1) is 11.2 Å². The van der Waals surface area contributed by atoms with Gasteiger partial charge in [-0.3, -0.25) is 4.98 Å². The molecule has 2 aromatic heterocycles. The van der Waals surface area contributed by atoms with Gasteiger partial charge in [0.15, 0.2) is 0 Å². The van der Waals surface area contributed by atoms with Crippen molar-refractivity contribution < 1.29 is 0 Å². The van der Waals surface area contributed by atoms with E-state index in [-0.39, 0.29) is 0 Å². The van der Waals surface area contributed by atoms with E-state index in [0.717, 1.165) is 55.1 Å². The van der Waals surface area contributed by atoms with Crippen LogP contribution in [-0.4, -0.2) is 52.6 Å². The van der Waals surface area contributed by atoms with Gasteiger partial charge in [-0.1, -0.05) is 25.1 Å². The minimum atomic E-state index is 0.605. The van der Waals surface area contributed by atoms with Crippen LogP contribution in [0, 0.1) is 0 Å². The summed E-state index contributed by atoms with van der Waals surface area (Å²) in [4.78, 5) is 18.3. The summed E-state index contributed by atoms with van der Waals surface area (Å²) in [5, 5.41) is 4.42. The first kappa shape index (κ1) is 15.8. The number of pyridine rings is 1. The lowest BCUT2D eigenvalue weighted by molar-refractivity contribution is 0.270. The van der Waals surface area contributed by atoms with Crippen LogP contribution in [0.4, 0.5) is 17.5 Å². The highest BCUT2D eigenvalue weighted by atomic mass is 15.3. The maximum atomic E-state index is 4.71. The van der Waals surface area contributed by atoms with Crippen LogP contribution >= 0.6 is 0 Å². The highest BCUT2D eigenvalue weighted by Gasteiger charge is 2.17. The number of piperazine rings is 1. The summed E-state index contributed by atoms with van der Waals surface area (Å²) in [6, 6.07) is 12.1. The molecule has 4 rings (SSSR count). The van der Waals surface area contributed by atoms with Gasteiger partial charge < -0.3 is 15.1 Å². The average Bonchev–Trinajstić information content (AvgIpc) is 2.69. The smallest absolute Gasteiger partial charge is 0.229 e. The fourth-order valence-corrected chi connectivity index (χ4v) is 3.20. The molecule has 25 heavy (non-hydrogen) atoms. The van der Waals surface area contributed by atoms with Crippen LogP contribution in [0.5, 0.6) is 0 Å². The van der Waals surface area contributed by atoms with Crippen molar-refractivity contribution in [2.45, 2.75) is 6.92 Å². The van der Waals surface area contributed by atoms with Crippen LogP contribution in [0.25, 0.3) is 10.9 Å². The minimum Gasteiger partial charge on any atom is -0.354 e. The maximum Gasteiger partial charge on any atom is 0.229 e. The van der Waals surface area contributed by atoms with Crippen molar-refractivity contribution in [2.75, 3.05) is 42.9 Å². The number of rotatable bonds is 4. The lowest BCUT2D eigenvalue weighted by Crippen LogP contribution is -2.46. The Hall–Kier alpha value is -2.73. The number of likely N-dealkylation sites (N-methyl/N-ethyl adjacent to an activating group) is 1. The highest BCUT2D eigenvalue weighted by molar-refractivity contribution is 5.91. The van der Waals surface area contributed by atoms with E-state index < -0.39 is 0 Å². The minimum absolute atomic E-state index is 0.605. The van der Waals surface area contributed by atoms with Gasteiger partial charge in [-0.25, -0.2) is 4.98 Å². The lowest BCUT2D eigenvalue weighted by Gasteiger charge is -2.34. The monoisotopic (exact) mass is 334 g/mol. The third-order valence-corrected chi connectivity index (χ3v) is 4.66. The summed E-state index contributed by atoms with van der Waals surface area (Å²) >= 11 is 0. The Labute approximate surface area is 147 Å². The molecule has 6 heteroatoms. The molecule has 3 heterocycles. The number of anilines is 3. The first-order valence-corrected chi connectivity index (χ1v) is 8.74. The first-order chi connectivity index (χ1) is 12.3. The number of nitrogens with zero attached hydrogens (tertiary/aromatic N) is 5. The molecule has 1 aliphatic rings. The quantitative estimate of drug-likeness (QED) is 0.792. The van der Waals surface area contributed by atoms with E-state index >= 15 is 0 Å². The fraction of sp³-hybridized carbons (Fsp3) is 0.316. The number of para-hydroxylation sites is 1. The Morgan fingerprint density at radius 2 is 1.80 bits per heavy atom. The molecule has 1 N–H and O–H groups in total. The Morgan fingerprint density at radius 1 is 0.960 bits per heavy atom. The van der Waals surface area contributed by atoms with Crippen LogP contribution in [-0.2, 0) is 0 Å². The summed E-state index contributed by atoms with van der Waals surface area (Å²) in [5.74, 6) is 1.58. The zero-order chi connectivity index (χ0) is 17.1. The highest BCUT2D eigenvalue weighted by Crippen LogP contribution is 2.24. The normalized spacial score (nSPS) is 15.5. The zero-order valence-corrected chi connectivity index (χ0v) is 14.4. The van der Waals surface area contributed by atoms with Gasteiger partial charge in [-0.05, 0) is 24.7 Å². The number of benzene rings is 1. The zero-order valence-electron chi connectivity index (χ0n) is 14.4. The second-order valence-electron chi connectivity index (χ2n) is 6.17. The van der Waals surface area contributed by atoms with Crippen LogP contribution in [0.1, 0.15) is 6.92 Å². The van der Waals surface area contributed by atoms with Gasteiger partial charge >= 0.3 is 0 Å². The molecule has 6 nitrogen and oxygen atoms in total. The molecule has 1 aliphatic heterocycles. The van der Waals surface area contributed by atoms with Crippen LogP contribution in [0.15, 0.2) is 48.8 Å². The second-order valence-corrected chi connectivity index (χ2v) is 6.17. The van der Waals surface area contributed by atoms with E-state index in [4.69, 9.17) is 4.98 Å². The molecule has 1 fully saturated rings. The molecular weight excluding hydrogens is 312 g/mol. The SMILES string of the molecule is CCN1CCN(c2ccnc(Nc3cccc4cccnc34)n2)CC1. The summed E-state index contributed by atoms with van der Waals surface area (Å²) in [6.45, 7) is 7.48. The molecular formula is C19H22N6. The van der Waals surface area contributed by atoms with E-state index in [0.29, 0.717) is 5.95 Å². The summed E-state index contributed by atoms with van der Waals surface area (Å²) in [6.07, 6.45) is 3.62. The van der Waals surface area contributed by atoms with Gasteiger partial charge in [-0.15, -0.1) is 0 Å². The Bertz CT molecular complexity index is 852. The van der Waals surface area contributed by atoms with E-state index in [1.807, 2.05) is 30.5 Å². The van der Waals surface area contributed by atoms with Crippen molar-refractivity contribution in [3.63, 3.8) is 0 Å². The van der Waals surface area contributed by atoms with Crippen molar-refractivity contribution in [1.29, 1.82) is 0 Å². The lowest BCUT2D eigenvalue weighted by atomic mass is 10.2. The van der Waals surface area contributed by atoms with Crippen molar-refractivity contribution in [3.05, 3.63) is 48.8 Å². The van der Waals surface area contributed by atoms with Gasteiger partial charge in [0.2, 0.25) is 5.95 Å². The van der Waals surface area contributed by atoms with E-state index in [1.165, 1.54) is 0 Å². The number of nitrogens with one attached hydrogen (secondary N) is 1. The first-order valence-electron chi connectivity index (χ1n) is 8.74. The third-order valence-electron chi connectivity index (χ3n) is 4.66. The predicted molar refractivity (Wildman–Crippen MR) is 101 cm³/mol. The Balaban J connectivity index is 1.55. The van der Waals surface area contributed by atoms with Gasteiger partial charge in [0.25, 0.3) is 0 Å². The van der Waals surface area contributed by atoms with Gasteiger partial charge in [-0.2, -0.15) is 4.98 Å². The fourth-order valence-electron chi connectivity index (χ4n) is 3.20. The molecule has 0 amide bonds. The molecule has 1 aromatic carbocycles. The number of fused-ring (bicyclic) bond motifs is 1. The van der Waals surface area contributed by atoms with Crippen LogP contribution in [0.3, 0.4) is 0 Å². The van der Waals surface area contributed by atoms with Gasteiger partial charge in [0.1, 0.15) is 5.82 Å². The summed E-state index contributed by atoms with van der Waals surface area (Å²) in [7, 11) is 0. The van der Waals surface area contributed by atoms with E-state index in [9.17, 15) is 0 Å². The summed E-state index contributed by atoms with van der Waals surface area (Å²) in [5.41, 5.74) is 1.85. The Kier molecular flexibility index (Phi) is 4.43. The van der Waals surface area contributed by atoms with Crippen molar-refractivity contribution in [2.24, 2.45) is 0 Å². The maximum absolute atomic E-state index is 4.71. The molecule has 1 saturated heterocycles. The summed E-state index contributed by atoms with van der Waals surface area (Å²) < 4.78 is 0.